The zero-order valence-electron chi connectivity index (χ0n) is 13.1. The number of primary amides is 2. The SMILES string of the molecule is COC[C@@H](Nc1cnc(C(N)=O)c(Nc2cc(C)ns2)n1)C(N)=O. The molecule has 2 rings (SSSR count). The average Bonchev–Trinajstić information content (AvgIpc) is 2.91. The second kappa shape index (κ2) is 7.66. The third-order valence-corrected chi connectivity index (χ3v) is 3.67. The highest BCUT2D eigenvalue weighted by Gasteiger charge is 2.18. The summed E-state index contributed by atoms with van der Waals surface area (Å²) in [6.45, 7) is 1.90. The second-order valence-corrected chi connectivity index (χ2v) is 5.63. The molecule has 0 aromatic carbocycles. The summed E-state index contributed by atoms with van der Waals surface area (Å²) >= 11 is 1.20. The molecule has 128 valence electrons. The number of hydrogen-bond donors (Lipinski definition) is 4. The maximum atomic E-state index is 11.5. The fourth-order valence-corrected chi connectivity index (χ4v) is 2.47. The number of hydrogen-bond acceptors (Lipinski definition) is 9. The van der Waals surface area contributed by atoms with E-state index in [0.29, 0.717) is 5.00 Å². The van der Waals surface area contributed by atoms with Gasteiger partial charge in [0.15, 0.2) is 11.5 Å². The Balaban J connectivity index is 2.29. The van der Waals surface area contributed by atoms with Gasteiger partial charge in [0.05, 0.1) is 18.5 Å². The summed E-state index contributed by atoms with van der Waals surface area (Å²) in [7, 11) is 1.44. The second-order valence-electron chi connectivity index (χ2n) is 4.83. The maximum absolute atomic E-state index is 11.5. The molecule has 0 aliphatic carbocycles. The van der Waals surface area contributed by atoms with E-state index in [9.17, 15) is 9.59 Å². The van der Waals surface area contributed by atoms with Crippen molar-refractivity contribution in [2.45, 2.75) is 13.0 Å². The van der Waals surface area contributed by atoms with Crippen LogP contribution in [0.3, 0.4) is 0 Å². The number of anilines is 3. The van der Waals surface area contributed by atoms with Crippen LogP contribution < -0.4 is 22.1 Å². The number of nitrogens with two attached hydrogens (primary N) is 2. The summed E-state index contributed by atoms with van der Waals surface area (Å²) in [6, 6.07) is 0.996. The van der Waals surface area contributed by atoms with E-state index < -0.39 is 17.9 Å². The van der Waals surface area contributed by atoms with Crippen LogP contribution in [0, 0.1) is 6.92 Å². The zero-order valence-corrected chi connectivity index (χ0v) is 13.9. The summed E-state index contributed by atoms with van der Waals surface area (Å²) in [6.07, 6.45) is 1.29. The standard InChI is InChI=1S/C13H17N7O3S/c1-6-3-9(24-20-6)19-13-10(12(15)22)16-4-8(18-13)17-7(5-23-2)11(14)21/h3-4,7H,5H2,1-2H3,(H2,14,21)(H2,15,22)(H2,17,18,19)/t7-/m1/s1. The molecule has 6 N–H and O–H groups in total. The number of amides is 2. The Hall–Kier alpha value is -2.79. The van der Waals surface area contributed by atoms with Crippen LogP contribution in [0.4, 0.5) is 16.6 Å². The van der Waals surface area contributed by atoms with E-state index >= 15 is 0 Å². The van der Waals surface area contributed by atoms with Gasteiger partial charge in [-0.15, -0.1) is 0 Å². The van der Waals surface area contributed by atoms with Crippen molar-refractivity contribution in [3.8, 4) is 0 Å². The lowest BCUT2D eigenvalue weighted by Gasteiger charge is -2.16. The van der Waals surface area contributed by atoms with Gasteiger partial charge in [-0.05, 0) is 24.5 Å². The molecule has 0 unspecified atom stereocenters. The molecular formula is C13H17N7O3S. The van der Waals surface area contributed by atoms with Crippen molar-refractivity contribution < 1.29 is 14.3 Å². The molecule has 0 saturated heterocycles. The number of nitrogens with zero attached hydrogens (tertiary/aromatic N) is 3. The summed E-state index contributed by atoms with van der Waals surface area (Å²) in [5.74, 6) is -0.951. The Bertz CT molecular complexity index is 749. The highest BCUT2D eigenvalue weighted by Crippen LogP contribution is 2.23. The minimum Gasteiger partial charge on any atom is -0.382 e. The number of rotatable bonds is 8. The van der Waals surface area contributed by atoms with Gasteiger partial charge in [0.1, 0.15) is 16.9 Å². The van der Waals surface area contributed by atoms with Gasteiger partial charge >= 0.3 is 0 Å². The number of carbonyl (C=O) groups excluding carboxylic acids is 2. The Morgan fingerprint density at radius 3 is 2.71 bits per heavy atom. The van der Waals surface area contributed by atoms with Crippen molar-refractivity contribution in [2.75, 3.05) is 24.4 Å². The van der Waals surface area contributed by atoms with Gasteiger partial charge in [-0.2, -0.15) is 4.37 Å². The summed E-state index contributed by atoms with van der Waals surface area (Å²) in [5.41, 5.74) is 11.4. The Morgan fingerprint density at radius 2 is 2.17 bits per heavy atom. The number of aromatic nitrogens is 3. The van der Waals surface area contributed by atoms with Crippen molar-refractivity contribution in [3.63, 3.8) is 0 Å². The number of ether oxygens (including phenoxy) is 1. The number of aryl methyl sites for hydroxylation is 1. The molecule has 0 saturated carbocycles. The van der Waals surface area contributed by atoms with Gasteiger partial charge in [0.2, 0.25) is 5.91 Å². The van der Waals surface area contributed by atoms with Gasteiger partial charge < -0.3 is 26.8 Å². The van der Waals surface area contributed by atoms with Gasteiger partial charge in [0.25, 0.3) is 5.91 Å². The van der Waals surface area contributed by atoms with Crippen LogP contribution in [0.15, 0.2) is 12.3 Å². The van der Waals surface area contributed by atoms with E-state index in [2.05, 4.69) is 25.0 Å². The van der Waals surface area contributed by atoms with Crippen LogP contribution in [0.2, 0.25) is 0 Å². The maximum Gasteiger partial charge on any atom is 0.271 e. The molecule has 0 fully saturated rings. The van der Waals surface area contributed by atoms with Crippen LogP contribution in [0.25, 0.3) is 0 Å². The molecule has 0 aliphatic heterocycles. The minimum absolute atomic E-state index is 0.0334. The lowest BCUT2D eigenvalue weighted by Crippen LogP contribution is -2.39. The van der Waals surface area contributed by atoms with Crippen molar-refractivity contribution in [1.82, 2.24) is 14.3 Å². The van der Waals surface area contributed by atoms with Gasteiger partial charge in [-0.1, -0.05) is 0 Å². The Labute approximate surface area is 141 Å². The molecule has 0 radical (unpaired) electrons. The molecule has 2 amide bonds. The molecule has 11 heteroatoms. The normalized spacial score (nSPS) is 11.8. The first-order valence-electron chi connectivity index (χ1n) is 6.82. The molecule has 24 heavy (non-hydrogen) atoms. The Kier molecular flexibility index (Phi) is 5.60. The molecule has 2 aromatic heterocycles. The fraction of sp³-hybridized carbons (Fsp3) is 0.308. The zero-order chi connectivity index (χ0) is 17.7. The largest absolute Gasteiger partial charge is 0.382 e. The number of nitrogens with one attached hydrogen (secondary N) is 2. The van der Waals surface area contributed by atoms with Crippen molar-refractivity contribution >= 4 is 40.0 Å². The highest BCUT2D eigenvalue weighted by atomic mass is 32.1. The van der Waals surface area contributed by atoms with E-state index in [1.165, 1.54) is 24.8 Å². The molecule has 2 aromatic rings. The quantitative estimate of drug-likeness (QED) is 0.517. The molecule has 1 atom stereocenters. The van der Waals surface area contributed by atoms with Crippen LogP contribution in [0.5, 0.6) is 0 Å². The summed E-state index contributed by atoms with van der Waals surface area (Å²) < 4.78 is 9.05. The first kappa shape index (κ1) is 17.6. The third-order valence-electron chi connectivity index (χ3n) is 2.87. The minimum atomic E-state index is -0.790. The van der Waals surface area contributed by atoms with E-state index in [0.717, 1.165) is 5.69 Å². The molecule has 0 bridgehead atoms. The van der Waals surface area contributed by atoms with Gasteiger partial charge in [-0.25, -0.2) is 9.97 Å². The first-order chi connectivity index (χ1) is 11.4. The number of carbonyl (C=O) groups is 2. The van der Waals surface area contributed by atoms with Crippen molar-refractivity contribution in [2.24, 2.45) is 11.5 Å². The molecular weight excluding hydrogens is 334 g/mol. The predicted molar refractivity (Wildman–Crippen MR) is 89.2 cm³/mol. The van der Waals surface area contributed by atoms with E-state index in [-0.39, 0.29) is 23.9 Å². The Morgan fingerprint density at radius 1 is 1.42 bits per heavy atom. The molecule has 2 heterocycles. The predicted octanol–water partition coefficient (Wildman–Crippen LogP) is -0.00378. The fourth-order valence-electron chi connectivity index (χ4n) is 1.81. The highest BCUT2D eigenvalue weighted by molar-refractivity contribution is 7.10. The van der Waals surface area contributed by atoms with Crippen LogP contribution >= 0.6 is 11.5 Å². The first-order valence-corrected chi connectivity index (χ1v) is 7.60. The van der Waals surface area contributed by atoms with Crippen molar-refractivity contribution in [1.29, 1.82) is 0 Å². The monoisotopic (exact) mass is 351 g/mol. The smallest absolute Gasteiger partial charge is 0.271 e. The summed E-state index contributed by atoms with van der Waals surface area (Å²) in [5, 5.41) is 6.41. The number of methoxy groups -OCH3 is 1. The lowest BCUT2D eigenvalue weighted by molar-refractivity contribution is -0.119. The molecule has 0 spiro atoms. The lowest BCUT2D eigenvalue weighted by atomic mass is 10.3. The van der Waals surface area contributed by atoms with E-state index in [1.807, 2.05) is 6.92 Å². The van der Waals surface area contributed by atoms with E-state index in [1.54, 1.807) is 6.07 Å². The van der Waals surface area contributed by atoms with Gasteiger partial charge in [-0.3, -0.25) is 9.59 Å². The van der Waals surface area contributed by atoms with Crippen LogP contribution in [-0.2, 0) is 9.53 Å². The topological polar surface area (TPSA) is 158 Å². The molecule has 10 nitrogen and oxygen atoms in total. The van der Waals surface area contributed by atoms with Crippen LogP contribution in [0.1, 0.15) is 16.2 Å². The van der Waals surface area contributed by atoms with E-state index in [4.69, 9.17) is 16.2 Å². The van der Waals surface area contributed by atoms with Gasteiger partial charge in [0, 0.05) is 7.11 Å². The van der Waals surface area contributed by atoms with Crippen molar-refractivity contribution in [3.05, 3.63) is 23.7 Å². The molecule has 0 aliphatic rings. The van der Waals surface area contributed by atoms with Crippen LogP contribution in [-0.4, -0.2) is 45.9 Å². The summed E-state index contributed by atoms with van der Waals surface area (Å²) in [4.78, 5) is 31.1. The average molecular weight is 351 g/mol. The third kappa shape index (κ3) is 4.36.